The summed E-state index contributed by atoms with van der Waals surface area (Å²) in [5, 5.41) is 0. The summed E-state index contributed by atoms with van der Waals surface area (Å²) < 4.78 is 16.7. The Bertz CT molecular complexity index is 600. The molecule has 0 amide bonds. The SMILES string of the molecule is COC(=O)C1(C(=O)OC)C[C@H](c2ccccc2)OC12CCCCCC2. The summed E-state index contributed by atoms with van der Waals surface area (Å²) in [6.07, 6.45) is 5.29. The van der Waals surface area contributed by atoms with Crippen molar-refractivity contribution in [2.24, 2.45) is 5.41 Å². The Labute approximate surface area is 148 Å². The quantitative estimate of drug-likeness (QED) is 0.618. The highest BCUT2D eigenvalue weighted by Gasteiger charge is 2.69. The average Bonchev–Trinajstić information content (AvgIpc) is 2.81. The zero-order chi connectivity index (χ0) is 17.9. The van der Waals surface area contributed by atoms with Crippen LogP contribution in [0.1, 0.15) is 56.6 Å². The highest BCUT2D eigenvalue weighted by molar-refractivity contribution is 6.02. The number of esters is 2. The monoisotopic (exact) mass is 346 g/mol. The van der Waals surface area contributed by atoms with Crippen LogP contribution in [-0.2, 0) is 23.8 Å². The number of carbonyl (C=O) groups is 2. The molecule has 5 heteroatoms. The third-order valence-corrected chi connectivity index (χ3v) is 5.79. The van der Waals surface area contributed by atoms with Crippen molar-refractivity contribution in [1.82, 2.24) is 0 Å². The molecule has 136 valence electrons. The van der Waals surface area contributed by atoms with E-state index in [2.05, 4.69) is 0 Å². The molecule has 3 rings (SSSR count). The van der Waals surface area contributed by atoms with Crippen molar-refractivity contribution in [2.75, 3.05) is 14.2 Å². The normalized spacial score (nSPS) is 24.5. The van der Waals surface area contributed by atoms with Gasteiger partial charge in [0.1, 0.15) is 0 Å². The fraction of sp³-hybridized carbons (Fsp3) is 0.600. The van der Waals surface area contributed by atoms with Gasteiger partial charge in [0.2, 0.25) is 0 Å². The van der Waals surface area contributed by atoms with Gasteiger partial charge in [0.15, 0.2) is 5.41 Å². The van der Waals surface area contributed by atoms with Crippen molar-refractivity contribution < 1.29 is 23.8 Å². The summed E-state index contributed by atoms with van der Waals surface area (Å²) in [5.74, 6) is -1.08. The van der Waals surface area contributed by atoms with Crippen molar-refractivity contribution in [3.63, 3.8) is 0 Å². The topological polar surface area (TPSA) is 61.8 Å². The van der Waals surface area contributed by atoms with E-state index in [1.165, 1.54) is 14.2 Å². The molecule has 1 aromatic carbocycles. The van der Waals surface area contributed by atoms with Crippen LogP contribution in [0.25, 0.3) is 0 Å². The van der Waals surface area contributed by atoms with Gasteiger partial charge >= 0.3 is 11.9 Å². The van der Waals surface area contributed by atoms with E-state index in [4.69, 9.17) is 14.2 Å². The van der Waals surface area contributed by atoms with Gasteiger partial charge in [-0.25, -0.2) is 0 Å². The zero-order valence-corrected chi connectivity index (χ0v) is 15.0. The molecule has 1 spiro atoms. The number of ether oxygens (including phenoxy) is 3. The van der Waals surface area contributed by atoms with Crippen LogP contribution in [0.5, 0.6) is 0 Å². The molecule has 1 heterocycles. The van der Waals surface area contributed by atoms with E-state index in [-0.39, 0.29) is 12.5 Å². The van der Waals surface area contributed by atoms with Crippen LogP contribution in [0.3, 0.4) is 0 Å². The van der Waals surface area contributed by atoms with Crippen molar-refractivity contribution >= 4 is 11.9 Å². The lowest BCUT2D eigenvalue weighted by molar-refractivity contribution is -0.186. The van der Waals surface area contributed by atoms with Crippen molar-refractivity contribution in [3.8, 4) is 0 Å². The summed E-state index contributed by atoms with van der Waals surface area (Å²) in [7, 11) is 2.65. The molecule has 1 saturated heterocycles. The molecule has 0 N–H and O–H groups in total. The lowest BCUT2D eigenvalue weighted by atomic mass is 9.67. The molecule has 1 aliphatic heterocycles. The van der Waals surface area contributed by atoms with Gasteiger partial charge in [-0.05, 0) is 18.4 Å². The Morgan fingerprint density at radius 3 is 2.04 bits per heavy atom. The predicted octanol–water partition coefficient (Wildman–Crippen LogP) is 3.57. The maximum absolute atomic E-state index is 12.9. The second kappa shape index (κ2) is 7.16. The minimum absolute atomic E-state index is 0.260. The first-order chi connectivity index (χ1) is 12.1. The third kappa shape index (κ3) is 2.84. The Morgan fingerprint density at radius 1 is 0.960 bits per heavy atom. The number of rotatable bonds is 3. The smallest absolute Gasteiger partial charge is 0.326 e. The average molecular weight is 346 g/mol. The molecule has 1 atom stereocenters. The van der Waals surface area contributed by atoms with E-state index < -0.39 is 23.0 Å². The number of hydrogen-bond acceptors (Lipinski definition) is 5. The van der Waals surface area contributed by atoms with E-state index in [1.807, 2.05) is 30.3 Å². The molecule has 1 aliphatic carbocycles. The molecule has 2 fully saturated rings. The minimum atomic E-state index is -1.40. The van der Waals surface area contributed by atoms with Gasteiger partial charge in [-0.1, -0.05) is 56.0 Å². The molecule has 5 nitrogen and oxygen atoms in total. The summed E-state index contributed by atoms with van der Waals surface area (Å²) in [5.41, 5.74) is -1.29. The summed E-state index contributed by atoms with van der Waals surface area (Å²) >= 11 is 0. The number of carbonyl (C=O) groups excluding carboxylic acids is 2. The number of hydrogen-bond donors (Lipinski definition) is 0. The Hall–Kier alpha value is -1.88. The third-order valence-electron chi connectivity index (χ3n) is 5.79. The molecule has 25 heavy (non-hydrogen) atoms. The Balaban J connectivity index is 2.10. The van der Waals surface area contributed by atoms with Crippen LogP contribution in [0.2, 0.25) is 0 Å². The molecule has 0 unspecified atom stereocenters. The Kier molecular flexibility index (Phi) is 5.13. The maximum Gasteiger partial charge on any atom is 0.326 e. The highest BCUT2D eigenvalue weighted by atomic mass is 16.6. The largest absolute Gasteiger partial charge is 0.468 e. The van der Waals surface area contributed by atoms with Gasteiger partial charge in [0, 0.05) is 6.42 Å². The van der Waals surface area contributed by atoms with Gasteiger partial charge in [0.05, 0.1) is 25.9 Å². The van der Waals surface area contributed by atoms with Crippen molar-refractivity contribution in [1.29, 1.82) is 0 Å². The maximum atomic E-state index is 12.9. The second-order valence-electron chi connectivity index (χ2n) is 7.02. The van der Waals surface area contributed by atoms with Gasteiger partial charge in [-0.2, -0.15) is 0 Å². The summed E-state index contributed by atoms with van der Waals surface area (Å²) in [6.45, 7) is 0. The van der Waals surface area contributed by atoms with Crippen molar-refractivity contribution in [2.45, 2.75) is 56.7 Å². The van der Waals surface area contributed by atoms with Gasteiger partial charge < -0.3 is 14.2 Å². The zero-order valence-electron chi connectivity index (χ0n) is 15.0. The predicted molar refractivity (Wildman–Crippen MR) is 91.8 cm³/mol. The van der Waals surface area contributed by atoms with Crippen molar-refractivity contribution in [3.05, 3.63) is 35.9 Å². The molecule has 1 saturated carbocycles. The standard InChI is InChI=1S/C20H26O5/c1-23-17(21)20(18(22)24-2)14-16(15-10-6-5-7-11-15)25-19(20)12-8-3-4-9-13-19/h5-7,10-11,16H,3-4,8-9,12-14H2,1-2H3/t16-/m1/s1. The van der Waals surface area contributed by atoms with Crippen LogP contribution < -0.4 is 0 Å². The molecular formula is C20H26O5. The lowest BCUT2D eigenvalue weighted by Gasteiger charge is -2.39. The van der Waals surface area contributed by atoms with E-state index in [1.54, 1.807) is 0 Å². The first-order valence-electron chi connectivity index (χ1n) is 8.99. The second-order valence-corrected chi connectivity index (χ2v) is 7.02. The van der Waals surface area contributed by atoms with Crippen LogP contribution in [0.15, 0.2) is 30.3 Å². The van der Waals surface area contributed by atoms with Gasteiger partial charge in [-0.15, -0.1) is 0 Å². The number of benzene rings is 1. The van der Waals surface area contributed by atoms with Crippen LogP contribution in [0, 0.1) is 5.41 Å². The van der Waals surface area contributed by atoms with Gasteiger partial charge in [0.25, 0.3) is 0 Å². The molecule has 0 bridgehead atoms. The van der Waals surface area contributed by atoms with Crippen LogP contribution >= 0.6 is 0 Å². The first kappa shape index (κ1) is 17.9. The van der Waals surface area contributed by atoms with E-state index >= 15 is 0 Å². The minimum Gasteiger partial charge on any atom is -0.468 e. The van der Waals surface area contributed by atoms with E-state index in [9.17, 15) is 9.59 Å². The van der Waals surface area contributed by atoms with Gasteiger partial charge in [-0.3, -0.25) is 9.59 Å². The first-order valence-corrected chi connectivity index (χ1v) is 8.99. The van der Waals surface area contributed by atoms with Crippen LogP contribution in [0.4, 0.5) is 0 Å². The van der Waals surface area contributed by atoms with E-state index in [0.29, 0.717) is 12.8 Å². The fourth-order valence-electron chi connectivity index (χ4n) is 4.55. The van der Waals surface area contributed by atoms with E-state index in [0.717, 1.165) is 31.2 Å². The molecular weight excluding hydrogens is 320 g/mol. The molecule has 0 radical (unpaired) electrons. The van der Waals surface area contributed by atoms with Crippen LogP contribution in [-0.4, -0.2) is 31.8 Å². The lowest BCUT2D eigenvalue weighted by Crippen LogP contribution is -2.56. The number of methoxy groups -OCH3 is 2. The highest BCUT2D eigenvalue weighted by Crippen LogP contribution is 2.58. The summed E-state index contributed by atoms with van der Waals surface area (Å²) in [6, 6.07) is 9.76. The molecule has 2 aliphatic rings. The fourth-order valence-corrected chi connectivity index (χ4v) is 4.55. The summed E-state index contributed by atoms with van der Waals surface area (Å²) in [4.78, 5) is 25.8. The molecule has 0 aromatic heterocycles. The Morgan fingerprint density at radius 2 is 1.52 bits per heavy atom. The molecule has 1 aromatic rings.